The maximum Gasteiger partial charge on any atom is 0.337 e. The molecule has 0 rings (SSSR count). The van der Waals surface area contributed by atoms with Crippen molar-refractivity contribution in [3.05, 3.63) is 94.9 Å². The van der Waals surface area contributed by atoms with Gasteiger partial charge in [0, 0.05) is 231 Å². The first-order valence-electron chi connectivity index (χ1n) is 22.0. The third-order valence-corrected chi connectivity index (χ3v) is 6.46. The van der Waals surface area contributed by atoms with Crippen molar-refractivity contribution in [1.29, 1.82) is 0 Å². The Morgan fingerprint density at radius 1 is 0.350 bits per heavy atom. The number of hydrogen-bond acceptors (Lipinski definition) is 19. The number of aliphatic hydroxyl groups excluding tert-OH is 8. The molecule has 0 bridgehead atoms. The van der Waals surface area contributed by atoms with E-state index in [1.165, 1.54) is 113 Å². The van der Waals surface area contributed by atoms with E-state index in [4.69, 9.17) is 30.6 Å². The summed E-state index contributed by atoms with van der Waals surface area (Å²) in [6.07, 6.45) is 9.20. The second kappa shape index (κ2) is 66.8. The summed E-state index contributed by atoms with van der Waals surface area (Å²) < 4.78 is 12.9. The minimum Gasteiger partial charge on any atom is -0.512 e. The molecular formula is C53H90Co3Hf4O19Zn. The standard InChI is InChI=1S/2C11H20O2.C6H10O3.C5H8O4.4C5H8O2.3Co.4Hf.Zn/c2*1-10(2,3)8(12)7-9(13)11(4,5)6;1-3-9-6(8)4-5(2)7;1-8-4(6)3-5(7)9-2;4*1-4(6)3-5(2)7;;;;;;;;/h2*7,12H,1-6H3;4,7H,3H2,1-2H3;3,6H,1-2H3;4*3,6H,1-2H3;;;;;;;;. The maximum absolute atomic E-state index is 11.5. The van der Waals surface area contributed by atoms with Gasteiger partial charge in [-0.3, -0.25) is 28.8 Å². The second-order valence-corrected chi connectivity index (χ2v) is 19.1. The van der Waals surface area contributed by atoms with Crippen LogP contribution in [0.3, 0.4) is 0 Å². The van der Waals surface area contributed by atoms with Crippen molar-refractivity contribution in [2.75, 3.05) is 20.8 Å². The van der Waals surface area contributed by atoms with Gasteiger partial charge in [-0.15, -0.1) is 0 Å². The van der Waals surface area contributed by atoms with Crippen LogP contribution in [-0.4, -0.2) is 108 Å². The molecule has 0 unspecified atom stereocenters. The van der Waals surface area contributed by atoms with Crippen LogP contribution in [0.1, 0.15) is 152 Å². The quantitative estimate of drug-likeness (QED) is 0.0436. The van der Waals surface area contributed by atoms with Gasteiger partial charge in [0.25, 0.3) is 5.95 Å². The first kappa shape index (κ1) is 121. The molecule has 0 aliphatic rings. The van der Waals surface area contributed by atoms with E-state index in [2.05, 4.69) is 14.2 Å². The predicted molar refractivity (Wildman–Crippen MR) is 280 cm³/mol. The molecule has 3 radical (unpaired) electrons. The summed E-state index contributed by atoms with van der Waals surface area (Å²) in [5, 5.41) is 69.6. The SMILES string of the molecule is CC(=O)C=C(C)O.CC(=O)C=C(C)O.CC(=O)C=C(C)O.CC(=O)C=C(C)O.CC(C)(C)C(=O)C=C(O)C(C)(C)C.CC(C)(C)C(=O)C=C(O)C(C)(C)C.CCOC(=O)C=C(C)O.COC(=O)C=C(O)OC.[Co].[Co].[Co].[Hf].[Hf].[Hf].[Hf].[Zn]. The number of ketones is 6. The zero-order chi connectivity index (χ0) is 59.7. The Bertz CT molecular complexity index is 1800. The van der Waals surface area contributed by atoms with Gasteiger partial charge >= 0.3 is 11.9 Å². The maximum atomic E-state index is 11.5. The van der Waals surface area contributed by atoms with E-state index >= 15 is 0 Å². The van der Waals surface area contributed by atoms with Crippen LogP contribution >= 0.6 is 0 Å². The fourth-order valence-electron chi connectivity index (χ4n) is 2.86. The number of carbonyl (C=O) groups excluding carboxylic acids is 8. The molecule has 80 heavy (non-hydrogen) atoms. The third kappa shape index (κ3) is 115. The summed E-state index contributed by atoms with van der Waals surface area (Å²) in [6.45, 7) is 37.1. The van der Waals surface area contributed by atoms with Gasteiger partial charge in [0.05, 0.1) is 55.7 Å². The molecule has 19 nitrogen and oxygen atoms in total. The largest absolute Gasteiger partial charge is 0.512 e. The van der Waals surface area contributed by atoms with Crippen LogP contribution in [-0.2, 0) is 226 Å². The van der Waals surface area contributed by atoms with E-state index in [9.17, 15) is 48.6 Å². The van der Waals surface area contributed by atoms with Gasteiger partial charge in [0.2, 0.25) is 0 Å². The average Bonchev–Trinajstić information content (AvgIpc) is 3.12. The van der Waals surface area contributed by atoms with E-state index in [-0.39, 0.29) is 259 Å². The van der Waals surface area contributed by atoms with Crippen LogP contribution in [0.4, 0.5) is 0 Å². The van der Waals surface area contributed by atoms with E-state index < -0.39 is 28.7 Å². The third-order valence-electron chi connectivity index (χ3n) is 6.46. The molecule has 0 spiro atoms. The molecule has 0 saturated carbocycles. The molecule has 27 heteroatoms. The van der Waals surface area contributed by atoms with Crippen molar-refractivity contribution in [2.24, 2.45) is 21.7 Å². The van der Waals surface area contributed by atoms with Gasteiger partial charge in [-0.1, -0.05) is 83.1 Å². The average molecular weight is 1990 g/mol. The van der Waals surface area contributed by atoms with Gasteiger partial charge in [-0.25, -0.2) is 9.59 Å². The number of ether oxygens (including phenoxy) is 3. The first-order valence-corrected chi connectivity index (χ1v) is 22.0. The van der Waals surface area contributed by atoms with E-state index in [0.29, 0.717) is 6.61 Å². The molecule has 0 aromatic rings. The fourth-order valence-corrected chi connectivity index (χ4v) is 2.86. The Kier molecular flexibility index (Phi) is 101. The van der Waals surface area contributed by atoms with Crippen molar-refractivity contribution < 1.29 is 267 Å². The molecule has 0 fully saturated rings. The summed E-state index contributed by atoms with van der Waals surface area (Å²) in [6, 6.07) is 0. The molecule has 461 valence electrons. The van der Waals surface area contributed by atoms with Crippen LogP contribution in [0.25, 0.3) is 0 Å². The number of esters is 2. The molecular weight excluding hydrogens is 1900 g/mol. The number of methoxy groups -OCH3 is 2. The zero-order valence-electron chi connectivity index (χ0n) is 51.1. The van der Waals surface area contributed by atoms with E-state index in [1.54, 1.807) is 6.92 Å². The van der Waals surface area contributed by atoms with Crippen LogP contribution in [0.5, 0.6) is 0 Å². The minimum atomic E-state index is -0.644. The van der Waals surface area contributed by atoms with Gasteiger partial charge in [-0.2, -0.15) is 0 Å². The smallest absolute Gasteiger partial charge is 0.337 e. The van der Waals surface area contributed by atoms with Crippen LogP contribution < -0.4 is 0 Å². The van der Waals surface area contributed by atoms with E-state index in [0.717, 1.165) is 12.2 Å². The normalized spacial score (nSPS) is 11.2. The molecule has 0 heterocycles. The summed E-state index contributed by atoms with van der Waals surface area (Å²) in [7, 11) is 2.45. The molecule has 0 aromatic heterocycles. The van der Waals surface area contributed by atoms with Crippen molar-refractivity contribution in [3.63, 3.8) is 0 Å². The summed E-state index contributed by atoms with van der Waals surface area (Å²) >= 11 is 0. The number of aliphatic hydroxyl groups is 8. The molecule has 0 atom stereocenters. The van der Waals surface area contributed by atoms with E-state index in [1.807, 2.05) is 83.1 Å². The zero-order valence-corrected chi connectivity index (χ0v) is 71.6. The molecule has 0 aliphatic carbocycles. The summed E-state index contributed by atoms with van der Waals surface area (Å²) in [4.78, 5) is 83.7. The fraction of sp³-hybridized carbons (Fsp3) is 0.547. The molecule has 0 saturated heterocycles. The van der Waals surface area contributed by atoms with Crippen LogP contribution in [0.2, 0.25) is 0 Å². The topological polar surface area (TPSA) is 326 Å². The number of carbonyl (C=O) groups is 8. The van der Waals surface area contributed by atoms with Gasteiger partial charge in [0.1, 0.15) is 17.6 Å². The predicted octanol–water partition coefficient (Wildman–Crippen LogP) is 11.5. The first-order chi connectivity index (χ1) is 32.0. The van der Waals surface area contributed by atoms with Crippen molar-refractivity contribution in [2.45, 2.75) is 152 Å². The van der Waals surface area contributed by atoms with Gasteiger partial charge in [-0.05, 0) is 69.2 Å². The Morgan fingerprint density at radius 2 is 0.562 bits per heavy atom. The Labute approximate surface area is 596 Å². The number of hydrogen-bond donors (Lipinski definition) is 8. The Hall–Kier alpha value is -1.30. The van der Waals surface area contributed by atoms with Crippen LogP contribution in [0.15, 0.2) is 94.9 Å². The number of allylic oxidation sites excluding steroid dienone is 13. The van der Waals surface area contributed by atoms with Crippen molar-refractivity contribution >= 4 is 46.6 Å². The van der Waals surface area contributed by atoms with Gasteiger partial charge < -0.3 is 55.1 Å². The van der Waals surface area contributed by atoms with Crippen LogP contribution in [0, 0.1) is 21.7 Å². The minimum absolute atomic E-state index is 0. The molecule has 0 aromatic carbocycles. The second-order valence-electron chi connectivity index (χ2n) is 19.1. The Morgan fingerprint density at radius 3 is 0.675 bits per heavy atom. The molecule has 8 N–H and O–H groups in total. The Balaban J connectivity index is -0.0000000417. The number of rotatable bonds is 10. The molecule has 0 aliphatic heterocycles. The van der Waals surface area contributed by atoms with Gasteiger partial charge in [0.15, 0.2) is 34.7 Å². The van der Waals surface area contributed by atoms with Crippen molar-refractivity contribution in [1.82, 2.24) is 0 Å². The molecule has 0 amide bonds. The summed E-state index contributed by atoms with van der Waals surface area (Å²) in [5.74, 6) is -1.68. The van der Waals surface area contributed by atoms with Crippen molar-refractivity contribution in [3.8, 4) is 0 Å². The summed E-state index contributed by atoms with van der Waals surface area (Å²) in [5.41, 5.74) is -1.53. The monoisotopic (exact) mass is 1990 g/mol.